The van der Waals surface area contributed by atoms with Gasteiger partial charge in [0.2, 0.25) is 5.95 Å². The summed E-state index contributed by atoms with van der Waals surface area (Å²) in [6.45, 7) is 4.28. The van der Waals surface area contributed by atoms with Crippen molar-refractivity contribution in [3.63, 3.8) is 0 Å². The predicted molar refractivity (Wildman–Crippen MR) is 82.6 cm³/mol. The summed E-state index contributed by atoms with van der Waals surface area (Å²) >= 11 is 0. The van der Waals surface area contributed by atoms with Gasteiger partial charge in [0.05, 0.1) is 0 Å². The average molecular weight is 268 g/mol. The van der Waals surface area contributed by atoms with Crippen LogP contribution in [0, 0.1) is 6.92 Å². The van der Waals surface area contributed by atoms with Crippen LogP contribution in [0.25, 0.3) is 0 Å². The Morgan fingerprint density at radius 2 is 1.85 bits per heavy atom. The first-order chi connectivity index (χ1) is 9.83. The Labute approximate surface area is 119 Å². The molecule has 0 unspecified atom stereocenters. The van der Waals surface area contributed by atoms with Crippen LogP contribution in [0.4, 0.5) is 17.5 Å². The van der Waals surface area contributed by atoms with Crippen LogP contribution in [0.5, 0.6) is 0 Å². The van der Waals surface area contributed by atoms with Gasteiger partial charge < -0.3 is 10.2 Å². The summed E-state index contributed by atoms with van der Waals surface area (Å²) in [6.07, 6.45) is 5.67. The zero-order chi connectivity index (χ0) is 13.8. The largest absolute Gasteiger partial charge is 0.356 e. The van der Waals surface area contributed by atoms with Crippen molar-refractivity contribution in [2.75, 3.05) is 23.3 Å². The van der Waals surface area contributed by atoms with Gasteiger partial charge in [0.1, 0.15) is 5.82 Å². The third-order valence-corrected chi connectivity index (χ3v) is 3.71. The first-order valence-electron chi connectivity index (χ1n) is 7.23. The molecule has 0 saturated carbocycles. The lowest BCUT2D eigenvalue weighted by molar-refractivity contribution is 0.573. The lowest BCUT2D eigenvalue weighted by Crippen LogP contribution is -2.30. The van der Waals surface area contributed by atoms with E-state index >= 15 is 0 Å². The average Bonchev–Trinajstić information content (AvgIpc) is 2.51. The van der Waals surface area contributed by atoms with Gasteiger partial charge in [-0.3, -0.25) is 0 Å². The van der Waals surface area contributed by atoms with Crippen LogP contribution in [0.2, 0.25) is 0 Å². The van der Waals surface area contributed by atoms with Gasteiger partial charge in [-0.1, -0.05) is 18.2 Å². The number of para-hydroxylation sites is 1. The smallest absolute Gasteiger partial charge is 0.229 e. The molecule has 1 N–H and O–H groups in total. The van der Waals surface area contributed by atoms with Gasteiger partial charge in [-0.25, -0.2) is 4.98 Å². The summed E-state index contributed by atoms with van der Waals surface area (Å²) in [6, 6.07) is 10.2. The number of anilines is 3. The van der Waals surface area contributed by atoms with Crippen LogP contribution in [0.1, 0.15) is 24.8 Å². The van der Waals surface area contributed by atoms with E-state index in [0.29, 0.717) is 5.95 Å². The molecule has 0 bridgehead atoms. The highest BCUT2D eigenvalue weighted by atomic mass is 15.2. The fourth-order valence-electron chi connectivity index (χ4n) is 2.54. The topological polar surface area (TPSA) is 41.1 Å². The second-order valence-corrected chi connectivity index (χ2v) is 5.23. The van der Waals surface area contributed by atoms with E-state index in [-0.39, 0.29) is 0 Å². The molecule has 2 aromatic rings. The Hall–Kier alpha value is -2.10. The molecule has 1 aliphatic heterocycles. The van der Waals surface area contributed by atoms with E-state index in [0.717, 1.165) is 24.6 Å². The Balaban J connectivity index is 1.79. The van der Waals surface area contributed by atoms with Crippen LogP contribution in [0.3, 0.4) is 0 Å². The van der Waals surface area contributed by atoms with E-state index in [9.17, 15) is 0 Å². The monoisotopic (exact) mass is 268 g/mol. The summed E-state index contributed by atoms with van der Waals surface area (Å²) < 4.78 is 0. The zero-order valence-electron chi connectivity index (χ0n) is 11.8. The molecule has 1 aromatic carbocycles. The quantitative estimate of drug-likeness (QED) is 0.924. The van der Waals surface area contributed by atoms with E-state index < -0.39 is 0 Å². The second kappa shape index (κ2) is 5.90. The van der Waals surface area contributed by atoms with Crippen LogP contribution in [0.15, 0.2) is 36.5 Å². The van der Waals surface area contributed by atoms with E-state index in [1.165, 1.54) is 24.8 Å². The Morgan fingerprint density at radius 3 is 2.65 bits per heavy atom. The lowest BCUT2D eigenvalue weighted by Gasteiger charge is -2.27. The number of piperidine rings is 1. The minimum Gasteiger partial charge on any atom is -0.356 e. The molecule has 1 aliphatic rings. The van der Waals surface area contributed by atoms with Crippen molar-refractivity contribution in [1.29, 1.82) is 0 Å². The van der Waals surface area contributed by atoms with E-state index in [2.05, 4.69) is 33.2 Å². The highest BCUT2D eigenvalue weighted by Gasteiger charge is 2.12. The third kappa shape index (κ3) is 2.90. The molecule has 3 rings (SSSR count). The van der Waals surface area contributed by atoms with Gasteiger partial charge in [-0.15, -0.1) is 0 Å². The number of benzene rings is 1. The Morgan fingerprint density at radius 1 is 1.05 bits per heavy atom. The molecule has 0 radical (unpaired) electrons. The lowest BCUT2D eigenvalue weighted by atomic mass is 10.1. The number of aryl methyl sites for hydroxylation is 1. The maximum absolute atomic E-state index is 4.64. The predicted octanol–water partition coefficient (Wildman–Crippen LogP) is 3.52. The molecule has 4 heteroatoms. The normalized spacial score (nSPS) is 15.2. The van der Waals surface area contributed by atoms with Gasteiger partial charge in [0.15, 0.2) is 0 Å². The van der Waals surface area contributed by atoms with Crippen molar-refractivity contribution in [3.05, 3.63) is 42.1 Å². The first-order valence-corrected chi connectivity index (χ1v) is 7.23. The molecule has 4 nitrogen and oxygen atoms in total. The fraction of sp³-hybridized carbons (Fsp3) is 0.375. The Kier molecular flexibility index (Phi) is 3.81. The number of nitrogens with one attached hydrogen (secondary N) is 1. The maximum atomic E-state index is 4.64. The van der Waals surface area contributed by atoms with Crippen molar-refractivity contribution < 1.29 is 0 Å². The summed E-state index contributed by atoms with van der Waals surface area (Å²) in [5.74, 6) is 1.69. The molecule has 0 atom stereocenters. The van der Waals surface area contributed by atoms with Crippen molar-refractivity contribution in [3.8, 4) is 0 Å². The highest BCUT2D eigenvalue weighted by molar-refractivity contribution is 5.59. The second-order valence-electron chi connectivity index (χ2n) is 5.23. The van der Waals surface area contributed by atoms with Crippen molar-refractivity contribution in [2.45, 2.75) is 26.2 Å². The number of hydrogen-bond donors (Lipinski definition) is 1. The van der Waals surface area contributed by atoms with Gasteiger partial charge in [0, 0.05) is 25.0 Å². The van der Waals surface area contributed by atoms with Crippen molar-refractivity contribution >= 4 is 17.5 Å². The molecule has 104 valence electrons. The minimum atomic E-state index is 0.669. The van der Waals surface area contributed by atoms with Crippen molar-refractivity contribution in [1.82, 2.24) is 9.97 Å². The third-order valence-electron chi connectivity index (χ3n) is 3.71. The molecular weight excluding hydrogens is 248 g/mol. The number of hydrogen-bond acceptors (Lipinski definition) is 4. The molecule has 0 aliphatic carbocycles. The van der Waals surface area contributed by atoms with Gasteiger partial charge in [-0.05, 0) is 43.9 Å². The molecule has 1 fully saturated rings. The Bertz CT molecular complexity index is 576. The van der Waals surface area contributed by atoms with Gasteiger partial charge in [0.25, 0.3) is 0 Å². The summed E-state index contributed by atoms with van der Waals surface area (Å²) in [5, 5.41) is 3.30. The van der Waals surface area contributed by atoms with E-state index in [4.69, 9.17) is 0 Å². The molecule has 1 aromatic heterocycles. The van der Waals surface area contributed by atoms with Crippen LogP contribution in [-0.2, 0) is 0 Å². The van der Waals surface area contributed by atoms with Crippen LogP contribution in [-0.4, -0.2) is 23.1 Å². The number of aromatic nitrogens is 2. The standard InChI is InChI=1S/C16H20N4/c1-13-7-3-4-8-14(13)18-16-17-10-9-15(19-16)20-11-5-2-6-12-20/h3-4,7-10H,2,5-6,11-12H2,1H3,(H,17,18,19). The number of nitrogens with zero attached hydrogens (tertiary/aromatic N) is 3. The minimum absolute atomic E-state index is 0.669. The molecular formula is C16H20N4. The van der Waals surface area contributed by atoms with Crippen molar-refractivity contribution in [2.24, 2.45) is 0 Å². The highest BCUT2D eigenvalue weighted by Crippen LogP contribution is 2.21. The van der Waals surface area contributed by atoms with E-state index in [1.54, 1.807) is 0 Å². The summed E-state index contributed by atoms with van der Waals surface area (Å²) in [4.78, 5) is 11.3. The molecule has 20 heavy (non-hydrogen) atoms. The number of rotatable bonds is 3. The SMILES string of the molecule is Cc1ccccc1Nc1nccc(N2CCCCC2)n1. The fourth-order valence-corrected chi connectivity index (χ4v) is 2.54. The van der Waals surface area contributed by atoms with Crippen LogP contribution < -0.4 is 10.2 Å². The first kappa shape index (κ1) is 12.9. The summed E-state index contributed by atoms with van der Waals surface area (Å²) in [5.41, 5.74) is 2.25. The summed E-state index contributed by atoms with van der Waals surface area (Å²) in [7, 11) is 0. The molecule has 2 heterocycles. The molecule has 0 amide bonds. The molecule has 0 spiro atoms. The van der Waals surface area contributed by atoms with Gasteiger partial charge in [-0.2, -0.15) is 4.98 Å². The molecule has 1 saturated heterocycles. The van der Waals surface area contributed by atoms with E-state index in [1.807, 2.05) is 30.5 Å². The van der Waals surface area contributed by atoms with Gasteiger partial charge >= 0.3 is 0 Å². The zero-order valence-corrected chi connectivity index (χ0v) is 11.8. The van der Waals surface area contributed by atoms with Crippen LogP contribution >= 0.6 is 0 Å². The maximum Gasteiger partial charge on any atom is 0.229 e.